The van der Waals surface area contributed by atoms with Crippen LogP contribution in [0.25, 0.3) is 0 Å². The van der Waals surface area contributed by atoms with Gasteiger partial charge in [0.25, 0.3) is 0 Å². The van der Waals surface area contributed by atoms with Crippen molar-refractivity contribution in [2.24, 2.45) is 0 Å². The molecule has 0 aromatic heterocycles. The molecule has 1 aliphatic rings. The van der Waals surface area contributed by atoms with Crippen molar-refractivity contribution in [3.8, 4) is 0 Å². The van der Waals surface area contributed by atoms with Gasteiger partial charge in [-0.1, -0.05) is 19.8 Å². The fourth-order valence-electron chi connectivity index (χ4n) is 1.00. The summed E-state index contributed by atoms with van der Waals surface area (Å²) in [5, 5.41) is 0. The van der Waals surface area contributed by atoms with Crippen LogP contribution in [0.4, 0.5) is 0 Å². The molecule has 0 spiro atoms. The maximum Gasteiger partial charge on any atom is 0.245 e. The van der Waals surface area contributed by atoms with E-state index in [1.807, 2.05) is 0 Å². The standard InChI is InChI=1S/C7H14N2OS/c1-2-3-4-5-9-6-7(10)8-11-9/h2-6H2,1H3,(H,8,10). The van der Waals surface area contributed by atoms with Gasteiger partial charge in [0.1, 0.15) is 0 Å². The first-order chi connectivity index (χ1) is 5.33. The smallest absolute Gasteiger partial charge is 0.245 e. The molecule has 0 aromatic carbocycles. The molecule has 1 rings (SSSR count). The van der Waals surface area contributed by atoms with Crippen molar-refractivity contribution in [3.63, 3.8) is 0 Å². The molecule has 0 unspecified atom stereocenters. The number of rotatable bonds is 4. The average molecular weight is 174 g/mol. The van der Waals surface area contributed by atoms with Crippen molar-refractivity contribution in [3.05, 3.63) is 0 Å². The Labute approximate surface area is 71.8 Å². The molecule has 1 heterocycles. The van der Waals surface area contributed by atoms with Crippen molar-refractivity contribution < 1.29 is 4.79 Å². The maximum absolute atomic E-state index is 10.7. The van der Waals surface area contributed by atoms with Gasteiger partial charge in [0.2, 0.25) is 5.91 Å². The van der Waals surface area contributed by atoms with Crippen molar-refractivity contribution in [1.29, 1.82) is 0 Å². The summed E-state index contributed by atoms with van der Waals surface area (Å²) in [6, 6.07) is 0. The molecule has 4 heteroatoms. The minimum absolute atomic E-state index is 0.131. The van der Waals surface area contributed by atoms with Gasteiger partial charge in [-0.2, -0.15) is 0 Å². The zero-order valence-corrected chi connectivity index (χ0v) is 7.62. The Bertz CT molecular complexity index is 140. The lowest BCUT2D eigenvalue weighted by Crippen LogP contribution is -2.17. The lowest BCUT2D eigenvalue weighted by Gasteiger charge is -2.08. The van der Waals surface area contributed by atoms with E-state index in [0.29, 0.717) is 6.54 Å². The molecule has 3 nitrogen and oxygen atoms in total. The van der Waals surface area contributed by atoms with E-state index in [1.165, 1.54) is 31.4 Å². The number of nitrogens with one attached hydrogen (secondary N) is 1. The third kappa shape index (κ3) is 3.12. The topological polar surface area (TPSA) is 32.3 Å². The zero-order valence-electron chi connectivity index (χ0n) is 6.80. The molecule has 1 amide bonds. The Kier molecular flexibility index (Phi) is 3.72. The third-order valence-corrected chi connectivity index (χ3v) is 2.51. The zero-order chi connectivity index (χ0) is 8.10. The molecule has 0 aliphatic carbocycles. The van der Waals surface area contributed by atoms with Crippen LogP contribution >= 0.6 is 12.1 Å². The first kappa shape index (κ1) is 8.87. The van der Waals surface area contributed by atoms with E-state index in [2.05, 4.69) is 16.0 Å². The molecule has 1 aliphatic heterocycles. The van der Waals surface area contributed by atoms with E-state index >= 15 is 0 Å². The molecule has 1 fully saturated rings. The highest BCUT2D eigenvalue weighted by atomic mass is 32.2. The van der Waals surface area contributed by atoms with Gasteiger partial charge in [0.15, 0.2) is 0 Å². The van der Waals surface area contributed by atoms with Crippen LogP contribution in [0.15, 0.2) is 0 Å². The number of unbranched alkanes of at least 4 members (excludes halogenated alkanes) is 2. The molecule has 1 N–H and O–H groups in total. The van der Waals surface area contributed by atoms with Crippen LogP contribution in [0, 0.1) is 0 Å². The van der Waals surface area contributed by atoms with Crippen LogP contribution in [0.5, 0.6) is 0 Å². The summed E-state index contributed by atoms with van der Waals surface area (Å²) < 4.78 is 4.77. The van der Waals surface area contributed by atoms with Crippen molar-refractivity contribution in [1.82, 2.24) is 9.03 Å². The predicted molar refractivity (Wildman–Crippen MR) is 46.8 cm³/mol. The van der Waals surface area contributed by atoms with Crippen LogP contribution in [-0.4, -0.2) is 23.3 Å². The SMILES string of the molecule is CCCCCN1CC(=O)NS1. The van der Waals surface area contributed by atoms with Gasteiger partial charge in [0.05, 0.1) is 6.54 Å². The minimum Gasteiger partial charge on any atom is -0.286 e. The molecule has 1 saturated heterocycles. The Hall–Kier alpha value is -0.220. The van der Waals surface area contributed by atoms with E-state index in [4.69, 9.17) is 0 Å². The van der Waals surface area contributed by atoms with Crippen molar-refractivity contribution in [2.75, 3.05) is 13.1 Å². The Morgan fingerprint density at radius 3 is 3.00 bits per heavy atom. The Morgan fingerprint density at radius 1 is 1.64 bits per heavy atom. The fourth-order valence-corrected chi connectivity index (χ4v) is 1.70. The van der Waals surface area contributed by atoms with E-state index in [0.717, 1.165) is 6.54 Å². The summed E-state index contributed by atoms with van der Waals surface area (Å²) in [5.74, 6) is 0.131. The van der Waals surface area contributed by atoms with E-state index in [9.17, 15) is 4.79 Å². The first-order valence-electron chi connectivity index (χ1n) is 4.03. The number of carbonyl (C=O) groups excluding carboxylic acids is 1. The quantitative estimate of drug-likeness (QED) is 0.513. The van der Waals surface area contributed by atoms with Crippen LogP contribution in [0.2, 0.25) is 0 Å². The lowest BCUT2D eigenvalue weighted by atomic mass is 10.2. The van der Waals surface area contributed by atoms with Crippen molar-refractivity contribution in [2.45, 2.75) is 26.2 Å². The lowest BCUT2D eigenvalue weighted by molar-refractivity contribution is -0.118. The highest BCUT2D eigenvalue weighted by Crippen LogP contribution is 2.12. The first-order valence-corrected chi connectivity index (χ1v) is 4.81. The number of nitrogens with zero attached hydrogens (tertiary/aromatic N) is 1. The fraction of sp³-hybridized carbons (Fsp3) is 0.857. The number of amides is 1. The van der Waals surface area contributed by atoms with Gasteiger partial charge in [-0.15, -0.1) is 0 Å². The monoisotopic (exact) mass is 174 g/mol. The summed E-state index contributed by atoms with van der Waals surface area (Å²) >= 11 is 1.43. The highest BCUT2D eigenvalue weighted by molar-refractivity contribution is 7.96. The second-order valence-corrected chi connectivity index (χ2v) is 3.59. The third-order valence-electron chi connectivity index (χ3n) is 1.62. The van der Waals surface area contributed by atoms with Crippen LogP contribution in [0.1, 0.15) is 26.2 Å². The summed E-state index contributed by atoms with van der Waals surface area (Å²) in [5.41, 5.74) is 0. The summed E-state index contributed by atoms with van der Waals surface area (Å²) in [6.07, 6.45) is 3.68. The summed E-state index contributed by atoms with van der Waals surface area (Å²) in [6.45, 7) is 3.77. The minimum atomic E-state index is 0.131. The molecule has 64 valence electrons. The molecule has 0 atom stereocenters. The van der Waals surface area contributed by atoms with Crippen LogP contribution in [0.3, 0.4) is 0 Å². The number of hydrogen-bond acceptors (Lipinski definition) is 3. The van der Waals surface area contributed by atoms with Gasteiger partial charge in [0, 0.05) is 18.7 Å². The Morgan fingerprint density at radius 2 is 2.45 bits per heavy atom. The molecule has 0 aromatic rings. The van der Waals surface area contributed by atoms with Gasteiger partial charge < -0.3 is 0 Å². The molecular weight excluding hydrogens is 160 g/mol. The number of hydrogen-bond donors (Lipinski definition) is 1. The summed E-state index contributed by atoms with van der Waals surface area (Å²) in [7, 11) is 0. The molecular formula is C7H14N2OS. The molecule has 0 saturated carbocycles. The normalized spacial score (nSPS) is 18.8. The predicted octanol–water partition coefficient (Wildman–Crippen LogP) is 1.17. The van der Waals surface area contributed by atoms with Gasteiger partial charge in [-0.05, 0) is 6.42 Å². The number of carbonyl (C=O) groups is 1. The van der Waals surface area contributed by atoms with Gasteiger partial charge >= 0.3 is 0 Å². The molecule has 11 heavy (non-hydrogen) atoms. The second kappa shape index (κ2) is 4.62. The van der Waals surface area contributed by atoms with Crippen LogP contribution < -0.4 is 4.72 Å². The second-order valence-electron chi connectivity index (χ2n) is 2.69. The van der Waals surface area contributed by atoms with Gasteiger partial charge in [-0.3, -0.25) is 9.52 Å². The summed E-state index contributed by atoms with van der Waals surface area (Å²) in [4.78, 5) is 10.7. The van der Waals surface area contributed by atoms with Gasteiger partial charge in [-0.25, -0.2) is 4.31 Å². The van der Waals surface area contributed by atoms with Crippen LogP contribution in [-0.2, 0) is 4.79 Å². The highest BCUT2D eigenvalue weighted by Gasteiger charge is 2.18. The molecule has 0 bridgehead atoms. The largest absolute Gasteiger partial charge is 0.286 e. The Balaban J connectivity index is 2.04. The van der Waals surface area contributed by atoms with E-state index in [-0.39, 0.29) is 5.91 Å². The maximum atomic E-state index is 10.7. The molecule has 0 radical (unpaired) electrons. The van der Waals surface area contributed by atoms with E-state index in [1.54, 1.807) is 0 Å². The average Bonchev–Trinajstić information content (AvgIpc) is 2.37. The van der Waals surface area contributed by atoms with E-state index < -0.39 is 0 Å². The van der Waals surface area contributed by atoms with Crippen molar-refractivity contribution >= 4 is 18.0 Å².